The molecule has 0 saturated carbocycles. The zero-order chi connectivity index (χ0) is 13.2. The van der Waals surface area contributed by atoms with Crippen LogP contribution in [0, 0.1) is 0 Å². The van der Waals surface area contributed by atoms with Crippen molar-refractivity contribution in [3.05, 3.63) is 36.5 Å². The SMILES string of the molecule is CCNC1CCN(c2cccc3cccnc23)C1=O. The summed E-state index contributed by atoms with van der Waals surface area (Å²) in [5.74, 6) is 0.153. The van der Waals surface area contributed by atoms with Crippen LogP contribution in [0.3, 0.4) is 0 Å². The van der Waals surface area contributed by atoms with Crippen LogP contribution in [0.4, 0.5) is 5.69 Å². The largest absolute Gasteiger partial charge is 0.309 e. The van der Waals surface area contributed by atoms with Gasteiger partial charge in [0.05, 0.1) is 17.2 Å². The second-order valence-corrected chi connectivity index (χ2v) is 4.74. The van der Waals surface area contributed by atoms with Crippen molar-refractivity contribution in [2.24, 2.45) is 0 Å². The van der Waals surface area contributed by atoms with E-state index in [2.05, 4.69) is 10.3 Å². The van der Waals surface area contributed by atoms with E-state index < -0.39 is 0 Å². The highest BCUT2D eigenvalue weighted by atomic mass is 16.2. The smallest absolute Gasteiger partial charge is 0.244 e. The lowest BCUT2D eigenvalue weighted by atomic mass is 10.2. The van der Waals surface area contributed by atoms with Crippen LogP contribution < -0.4 is 10.2 Å². The molecule has 0 aliphatic carbocycles. The molecule has 4 nitrogen and oxygen atoms in total. The number of carbonyl (C=O) groups is 1. The molecule has 1 atom stereocenters. The topological polar surface area (TPSA) is 45.2 Å². The number of nitrogens with zero attached hydrogens (tertiary/aromatic N) is 2. The summed E-state index contributed by atoms with van der Waals surface area (Å²) in [5.41, 5.74) is 1.82. The second-order valence-electron chi connectivity index (χ2n) is 4.74. The zero-order valence-electron chi connectivity index (χ0n) is 11.0. The molecule has 1 aromatic carbocycles. The Bertz CT molecular complexity index is 606. The average molecular weight is 255 g/mol. The Morgan fingerprint density at radius 2 is 2.21 bits per heavy atom. The third-order valence-electron chi connectivity index (χ3n) is 3.56. The molecule has 1 unspecified atom stereocenters. The second kappa shape index (κ2) is 4.97. The summed E-state index contributed by atoms with van der Waals surface area (Å²) in [7, 11) is 0. The van der Waals surface area contributed by atoms with E-state index in [0.717, 1.165) is 36.1 Å². The first-order valence-electron chi connectivity index (χ1n) is 6.69. The van der Waals surface area contributed by atoms with E-state index in [1.807, 2.05) is 42.2 Å². The Balaban J connectivity index is 1.99. The molecule has 1 N–H and O–H groups in total. The Hall–Kier alpha value is -1.94. The van der Waals surface area contributed by atoms with Crippen molar-refractivity contribution in [3.8, 4) is 0 Å². The standard InChI is InChI=1S/C15H17N3O/c1-2-16-12-8-10-18(15(12)19)13-7-3-5-11-6-4-9-17-14(11)13/h3-7,9,12,16H,2,8,10H2,1H3. The maximum absolute atomic E-state index is 12.4. The van der Waals surface area contributed by atoms with Crippen molar-refractivity contribution in [2.45, 2.75) is 19.4 Å². The summed E-state index contributed by atoms with van der Waals surface area (Å²) in [6.07, 6.45) is 2.63. The number of hydrogen-bond acceptors (Lipinski definition) is 3. The number of benzene rings is 1. The molecule has 98 valence electrons. The van der Waals surface area contributed by atoms with E-state index in [4.69, 9.17) is 0 Å². The van der Waals surface area contributed by atoms with Gasteiger partial charge in [-0.1, -0.05) is 25.1 Å². The van der Waals surface area contributed by atoms with Crippen LogP contribution in [0.5, 0.6) is 0 Å². The van der Waals surface area contributed by atoms with Crippen molar-refractivity contribution in [2.75, 3.05) is 18.0 Å². The van der Waals surface area contributed by atoms with Crippen LogP contribution in [0.2, 0.25) is 0 Å². The third kappa shape index (κ3) is 2.08. The van der Waals surface area contributed by atoms with Crippen LogP contribution >= 0.6 is 0 Å². The molecule has 0 bridgehead atoms. The quantitative estimate of drug-likeness (QED) is 0.911. The van der Waals surface area contributed by atoms with Crippen LogP contribution in [-0.2, 0) is 4.79 Å². The van der Waals surface area contributed by atoms with Gasteiger partial charge in [0.15, 0.2) is 0 Å². The summed E-state index contributed by atoms with van der Waals surface area (Å²) in [6, 6.07) is 9.86. The van der Waals surface area contributed by atoms with Crippen LogP contribution in [0.25, 0.3) is 10.9 Å². The lowest BCUT2D eigenvalue weighted by Gasteiger charge is -2.18. The predicted octanol–water partition coefficient (Wildman–Crippen LogP) is 1.95. The molecule has 19 heavy (non-hydrogen) atoms. The summed E-state index contributed by atoms with van der Waals surface area (Å²) in [4.78, 5) is 18.6. The fourth-order valence-corrected chi connectivity index (χ4v) is 2.66. The van der Waals surface area contributed by atoms with Crippen molar-refractivity contribution < 1.29 is 4.79 Å². The lowest BCUT2D eigenvalue weighted by Crippen LogP contribution is -2.38. The number of anilines is 1. The Kier molecular flexibility index (Phi) is 3.17. The molecule has 1 saturated heterocycles. The van der Waals surface area contributed by atoms with E-state index in [9.17, 15) is 4.79 Å². The number of fused-ring (bicyclic) bond motifs is 1. The molecule has 0 radical (unpaired) electrons. The minimum atomic E-state index is -0.0519. The maximum Gasteiger partial charge on any atom is 0.244 e. The van der Waals surface area contributed by atoms with Gasteiger partial charge in [0.2, 0.25) is 5.91 Å². The number of pyridine rings is 1. The molecular formula is C15H17N3O. The predicted molar refractivity (Wildman–Crippen MR) is 76.2 cm³/mol. The molecule has 4 heteroatoms. The van der Waals surface area contributed by atoms with E-state index in [0.29, 0.717) is 0 Å². The molecule has 0 spiro atoms. The Labute approximate surface area is 112 Å². The van der Waals surface area contributed by atoms with Crippen LogP contribution in [-0.4, -0.2) is 30.0 Å². The van der Waals surface area contributed by atoms with Gasteiger partial charge in [-0.2, -0.15) is 0 Å². The zero-order valence-corrected chi connectivity index (χ0v) is 11.0. The first kappa shape index (κ1) is 12.1. The molecule has 3 rings (SSSR count). The molecule has 1 aliphatic rings. The fraction of sp³-hybridized carbons (Fsp3) is 0.333. The minimum Gasteiger partial charge on any atom is -0.309 e. The highest BCUT2D eigenvalue weighted by molar-refractivity contribution is 6.05. The van der Waals surface area contributed by atoms with Gasteiger partial charge >= 0.3 is 0 Å². The van der Waals surface area contributed by atoms with E-state index in [1.165, 1.54) is 0 Å². The molecule has 1 aromatic heterocycles. The Morgan fingerprint density at radius 3 is 3.05 bits per heavy atom. The summed E-state index contributed by atoms with van der Waals surface area (Å²) < 4.78 is 0. The number of hydrogen-bond donors (Lipinski definition) is 1. The van der Waals surface area contributed by atoms with E-state index >= 15 is 0 Å². The number of rotatable bonds is 3. The molecule has 1 amide bonds. The van der Waals surface area contributed by atoms with Gasteiger partial charge in [-0.15, -0.1) is 0 Å². The van der Waals surface area contributed by atoms with E-state index in [-0.39, 0.29) is 11.9 Å². The number of aromatic nitrogens is 1. The molecule has 1 fully saturated rings. The first-order chi connectivity index (χ1) is 9.31. The van der Waals surface area contributed by atoms with E-state index in [1.54, 1.807) is 6.20 Å². The molecule has 2 aromatic rings. The van der Waals surface area contributed by atoms with Gasteiger partial charge < -0.3 is 10.2 Å². The summed E-state index contributed by atoms with van der Waals surface area (Å²) >= 11 is 0. The maximum atomic E-state index is 12.4. The number of likely N-dealkylation sites (N-methyl/N-ethyl adjacent to an activating group) is 1. The third-order valence-corrected chi connectivity index (χ3v) is 3.56. The Morgan fingerprint density at radius 1 is 1.37 bits per heavy atom. The van der Waals surface area contributed by atoms with Gasteiger partial charge in [-0.3, -0.25) is 9.78 Å². The molecule has 1 aliphatic heterocycles. The monoisotopic (exact) mass is 255 g/mol. The van der Waals surface area contributed by atoms with Gasteiger partial charge in [0, 0.05) is 18.1 Å². The lowest BCUT2D eigenvalue weighted by molar-refractivity contribution is -0.118. The van der Waals surface area contributed by atoms with Gasteiger partial charge in [-0.05, 0) is 25.1 Å². The normalized spacial score (nSPS) is 19.3. The van der Waals surface area contributed by atoms with Gasteiger partial charge in [0.1, 0.15) is 0 Å². The highest BCUT2D eigenvalue weighted by Gasteiger charge is 2.32. The average Bonchev–Trinajstić information content (AvgIpc) is 2.80. The fourth-order valence-electron chi connectivity index (χ4n) is 2.66. The summed E-state index contributed by atoms with van der Waals surface area (Å²) in [6.45, 7) is 3.60. The van der Waals surface area contributed by atoms with Crippen LogP contribution in [0.1, 0.15) is 13.3 Å². The highest BCUT2D eigenvalue weighted by Crippen LogP contribution is 2.28. The van der Waals surface area contributed by atoms with Crippen molar-refractivity contribution >= 4 is 22.5 Å². The summed E-state index contributed by atoms with van der Waals surface area (Å²) in [5, 5.41) is 4.30. The van der Waals surface area contributed by atoms with Gasteiger partial charge in [-0.25, -0.2) is 0 Å². The van der Waals surface area contributed by atoms with Crippen molar-refractivity contribution in [3.63, 3.8) is 0 Å². The number of carbonyl (C=O) groups excluding carboxylic acids is 1. The van der Waals surface area contributed by atoms with Gasteiger partial charge in [0.25, 0.3) is 0 Å². The molecule has 2 heterocycles. The number of amides is 1. The van der Waals surface area contributed by atoms with Crippen LogP contribution in [0.15, 0.2) is 36.5 Å². The number of nitrogens with one attached hydrogen (secondary N) is 1. The van der Waals surface area contributed by atoms with Crippen molar-refractivity contribution in [1.82, 2.24) is 10.3 Å². The number of para-hydroxylation sites is 1. The first-order valence-corrected chi connectivity index (χ1v) is 6.69. The molecular weight excluding hydrogens is 238 g/mol. The van der Waals surface area contributed by atoms with Crippen molar-refractivity contribution in [1.29, 1.82) is 0 Å². The minimum absolute atomic E-state index is 0.0519.